The van der Waals surface area contributed by atoms with Crippen LogP contribution in [0.5, 0.6) is 0 Å². The number of hydrogen-bond donors (Lipinski definition) is 0. The predicted molar refractivity (Wildman–Crippen MR) is 115 cm³/mol. The molecule has 1 heterocycles. The van der Waals surface area contributed by atoms with E-state index in [9.17, 15) is 19.7 Å². The summed E-state index contributed by atoms with van der Waals surface area (Å²) in [4.78, 5) is 35.8. The lowest BCUT2D eigenvalue weighted by Crippen LogP contribution is -2.45. The Morgan fingerprint density at radius 1 is 1.07 bits per heavy atom. The van der Waals surface area contributed by atoms with Gasteiger partial charge < -0.3 is 9.47 Å². The van der Waals surface area contributed by atoms with Crippen molar-refractivity contribution in [2.45, 2.75) is 6.04 Å². The van der Waals surface area contributed by atoms with E-state index in [0.29, 0.717) is 15.7 Å². The molecular weight excluding hydrogens is 526 g/mol. The number of nitro benzene ring substituents is 1. The molecule has 0 saturated heterocycles. The van der Waals surface area contributed by atoms with E-state index in [2.05, 4.69) is 37.0 Å². The Morgan fingerprint density at radius 3 is 2.23 bits per heavy atom. The highest BCUT2D eigenvalue weighted by atomic mass is 79.9. The molecule has 3 rings (SSSR count). The van der Waals surface area contributed by atoms with Crippen molar-refractivity contribution in [2.24, 2.45) is 11.0 Å². The molecule has 0 amide bonds. The summed E-state index contributed by atoms with van der Waals surface area (Å²) in [5.41, 5.74) is 1.10. The van der Waals surface area contributed by atoms with E-state index in [1.54, 1.807) is 18.2 Å². The molecule has 0 saturated carbocycles. The highest BCUT2D eigenvalue weighted by Gasteiger charge is 2.49. The molecule has 0 radical (unpaired) electrons. The summed E-state index contributed by atoms with van der Waals surface area (Å²) < 4.78 is 11.3. The van der Waals surface area contributed by atoms with Crippen LogP contribution in [0.15, 0.2) is 56.5 Å². The third-order valence-electron chi connectivity index (χ3n) is 4.52. The molecule has 2 aromatic rings. The predicted octanol–water partition coefficient (Wildman–Crippen LogP) is 3.67. The summed E-state index contributed by atoms with van der Waals surface area (Å²) in [6.07, 6.45) is 0. The van der Waals surface area contributed by atoms with Gasteiger partial charge in [-0.3, -0.25) is 14.9 Å². The molecule has 30 heavy (non-hydrogen) atoms. The number of carbonyl (C=O) groups excluding carboxylic acids is 2. The largest absolute Gasteiger partial charge is 0.468 e. The fourth-order valence-electron chi connectivity index (χ4n) is 3.12. The van der Waals surface area contributed by atoms with E-state index in [1.165, 1.54) is 43.5 Å². The zero-order chi connectivity index (χ0) is 22.0. The Hall–Kier alpha value is -2.79. The first-order valence-corrected chi connectivity index (χ1v) is 10.1. The number of carbonyl (C=O) groups is 2. The molecule has 156 valence electrons. The summed E-state index contributed by atoms with van der Waals surface area (Å²) in [7, 11) is 2.43. The van der Waals surface area contributed by atoms with Crippen LogP contribution in [0, 0.1) is 16.0 Å². The normalized spacial score (nSPS) is 18.0. The Morgan fingerprint density at radius 2 is 1.70 bits per heavy atom. The van der Waals surface area contributed by atoms with Crippen LogP contribution >= 0.6 is 31.9 Å². The first kappa shape index (κ1) is 21.9. The number of hydrazone groups is 1. The van der Waals surface area contributed by atoms with Crippen molar-refractivity contribution < 1.29 is 24.0 Å². The maximum Gasteiger partial charge on any atom is 0.332 e. The zero-order valence-corrected chi connectivity index (χ0v) is 18.9. The summed E-state index contributed by atoms with van der Waals surface area (Å²) in [6, 6.07) is 9.69. The van der Waals surface area contributed by atoms with Gasteiger partial charge in [-0.1, -0.05) is 15.9 Å². The van der Waals surface area contributed by atoms with Gasteiger partial charge in [0.25, 0.3) is 5.69 Å². The summed E-state index contributed by atoms with van der Waals surface area (Å²) >= 11 is 6.82. The SMILES string of the molecule is COC(=O)[C@@H]1C(c2ccc([N+](=O)[O-])cc2)=NN(c2ccc(Br)cc2Br)[C@H]1C(=O)OC. The van der Waals surface area contributed by atoms with E-state index >= 15 is 0 Å². The zero-order valence-electron chi connectivity index (χ0n) is 15.7. The molecule has 11 heteroatoms. The Labute approximate surface area is 188 Å². The average molecular weight is 541 g/mol. The Kier molecular flexibility index (Phi) is 6.52. The summed E-state index contributed by atoms with van der Waals surface area (Å²) in [5.74, 6) is -2.46. The van der Waals surface area contributed by atoms with Crippen LogP contribution in [-0.4, -0.2) is 42.8 Å². The number of halogens is 2. The number of non-ortho nitro benzene ring substituents is 1. The van der Waals surface area contributed by atoms with Crippen molar-refractivity contribution in [3.8, 4) is 0 Å². The molecule has 1 aliphatic heterocycles. The van der Waals surface area contributed by atoms with E-state index in [1.807, 2.05) is 0 Å². The van der Waals surface area contributed by atoms with E-state index in [0.717, 1.165) is 4.47 Å². The number of hydrogen-bond acceptors (Lipinski definition) is 8. The third kappa shape index (κ3) is 4.08. The van der Waals surface area contributed by atoms with Gasteiger partial charge in [0.2, 0.25) is 0 Å². The number of nitro groups is 1. The molecule has 1 aliphatic rings. The monoisotopic (exact) mass is 539 g/mol. The lowest BCUT2D eigenvalue weighted by Gasteiger charge is -2.25. The maximum atomic E-state index is 12.7. The van der Waals surface area contributed by atoms with Gasteiger partial charge in [0, 0.05) is 21.1 Å². The fourth-order valence-corrected chi connectivity index (χ4v) is 4.35. The molecule has 2 atom stereocenters. The average Bonchev–Trinajstić information content (AvgIpc) is 3.12. The van der Waals surface area contributed by atoms with Gasteiger partial charge in [-0.15, -0.1) is 0 Å². The minimum absolute atomic E-state index is 0.107. The minimum Gasteiger partial charge on any atom is -0.468 e. The smallest absolute Gasteiger partial charge is 0.332 e. The number of methoxy groups -OCH3 is 2. The van der Waals surface area contributed by atoms with Crippen LogP contribution < -0.4 is 5.01 Å². The van der Waals surface area contributed by atoms with E-state index in [4.69, 9.17) is 9.47 Å². The van der Waals surface area contributed by atoms with Crippen LogP contribution in [0.1, 0.15) is 5.56 Å². The van der Waals surface area contributed by atoms with Crippen molar-refractivity contribution >= 4 is 60.9 Å². The van der Waals surface area contributed by atoms with Crippen LogP contribution in [0.25, 0.3) is 0 Å². The molecule has 0 aliphatic carbocycles. The Bertz CT molecular complexity index is 1040. The Balaban J connectivity index is 2.17. The van der Waals surface area contributed by atoms with Gasteiger partial charge in [-0.2, -0.15) is 5.10 Å². The number of ether oxygens (including phenoxy) is 2. The second kappa shape index (κ2) is 8.92. The van der Waals surface area contributed by atoms with Crippen molar-refractivity contribution in [1.82, 2.24) is 0 Å². The quantitative estimate of drug-likeness (QED) is 0.323. The maximum absolute atomic E-state index is 12.7. The molecule has 0 bridgehead atoms. The van der Waals surface area contributed by atoms with Gasteiger partial charge >= 0.3 is 11.9 Å². The lowest BCUT2D eigenvalue weighted by molar-refractivity contribution is -0.384. The van der Waals surface area contributed by atoms with Gasteiger partial charge in [0.15, 0.2) is 6.04 Å². The van der Waals surface area contributed by atoms with Crippen molar-refractivity contribution in [1.29, 1.82) is 0 Å². The molecule has 0 spiro atoms. The van der Waals surface area contributed by atoms with Crippen LogP contribution in [0.4, 0.5) is 11.4 Å². The number of rotatable bonds is 5. The third-order valence-corrected chi connectivity index (χ3v) is 5.65. The molecule has 0 N–H and O–H groups in total. The summed E-state index contributed by atoms with van der Waals surface area (Å²) in [6.45, 7) is 0. The lowest BCUT2D eigenvalue weighted by atomic mass is 9.90. The fraction of sp³-hybridized carbons (Fsp3) is 0.211. The van der Waals surface area contributed by atoms with Crippen LogP contribution in [0.2, 0.25) is 0 Å². The van der Waals surface area contributed by atoms with Crippen LogP contribution in [-0.2, 0) is 19.1 Å². The summed E-state index contributed by atoms with van der Waals surface area (Å²) in [5, 5.41) is 16.9. The molecule has 9 nitrogen and oxygen atoms in total. The van der Waals surface area contributed by atoms with Crippen molar-refractivity contribution in [2.75, 3.05) is 19.2 Å². The first-order chi connectivity index (χ1) is 14.3. The molecule has 2 aromatic carbocycles. The van der Waals surface area contributed by atoms with E-state index < -0.39 is 28.8 Å². The van der Waals surface area contributed by atoms with E-state index in [-0.39, 0.29) is 11.4 Å². The second-order valence-electron chi connectivity index (χ2n) is 6.20. The van der Waals surface area contributed by atoms with Crippen molar-refractivity contribution in [3.05, 3.63) is 67.1 Å². The molecule has 0 unspecified atom stereocenters. The topological polar surface area (TPSA) is 111 Å². The van der Waals surface area contributed by atoms with Crippen molar-refractivity contribution in [3.63, 3.8) is 0 Å². The van der Waals surface area contributed by atoms with Gasteiger partial charge in [-0.25, -0.2) is 9.80 Å². The molecule has 0 fully saturated rings. The molecule has 0 aromatic heterocycles. The molecular formula is C19H15Br2N3O6. The second-order valence-corrected chi connectivity index (χ2v) is 7.97. The first-order valence-electron chi connectivity index (χ1n) is 8.51. The highest BCUT2D eigenvalue weighted by molar-refractivity contribution is 9.11. The van der Waals surface area contributed by atoms with Gasteiger partial charge in [0.05, 0.1) is 30.5 Å². The van der Waals surface area contributed by atoms with Gasteiger partial charge in [0.1, 0.15) is 5.92 Å². The number of anilines is 1. The standard InChI is InChI=1S/C19H15Br2N3O6/c1-29-18(25)15-16(10-3-6-12(7-4-10)24(27)28)22-23(17(15)19(26)30-2)14-8-5-11(20)9-13(14)21/h3-9,15,17H,1-2H3/t15-,17-/m1/s1. The number of esters is 2. The number of nitrogens with zero attached hydrogens (tertiary/aromatic N) is 3. The highest BCUT2D eigenvalue weighted by Crippen LogP contribution is 2.37. The van der Waals surface area contributed by atoms with Crippen LogP contribution in [0.3, 0.4) is 0 Å². The number of benzene rings is 2. The minimum atomic E-state index is -1.12. The van der Waals surface area contributed by atoms with Gasteiger partial charge in [-0.05, 0) is 51.8 Å².